The molecule has 10 nitrogen and oxygen atoms in total. The number of carbonyl (C=O) groups excluding carboxylic acids is 1. The average Bonchev–Trinajstić information content (AvgIpc) is 3.38. The maximum atomic E-state index is 12.8. The van der Waals surface area contributed by atoms with Gasteiger partial charge < -0.3 is 25.1 Å². The number of methoxy groups -OCH3 is 1. The number of nitrogens with one attached hydrogen (secondary N) is 3. The zero-order valence-corrected chi connectivity index (χ0v) is 16.9. The van der Waals surface area contributed by atoms with E-state index in [9.17, 15) is 9.59 Å². The third-order valence-corrected chi connectivity index (χ3v) is 5.00. The van der Waals surface area contributed by atoms with Crippen molar-refractivity contribution in [3.63, 3.8) is 0 Å². The van der Waals surface area contributed by atoms with E-state index in [1.807, 2.05) is 6.07 Å². The fourth-order valence-electron chi connectivity index (χ4n) is 3.59. The highest BCUT2D eigenvalue weighted by molar-refractivity contribution is 5.99. The van der Waals surface area contributed by atoms with Gasteiger partial charge in [-0.15, -0.1) is 0 Å². The quantitative estimate of drug-likeness (QED) is 0.499. The second-order valence-electron chi connectivity index (χ2n) is 6.93. The topological polar surface area (TPSA) is 123 Å². The first-order valence-corrected chi connectivity index (χ1v) is 9.93. The molecule has 1 atom stereocenters. The molecule has 158 valence electrons. The molecule has 3 aromatic rings. The Morgan fingerprint density at radius 3 is 2.90 bits per heavy atom. The van der Waals surface area contributed by atoms with Crippen LogP contribution in [0.25, 0.3) is 16.9 Å². The van der Waals surface area contributed by atoms with Crippen molar-refractivity contribution >= 4 is 23.1 Å². The Balaban J connectivity index is 1.85. The lowest BCUT2D eigenvalue weighted by Gasteiger charge is -2.13. The van der Waals surface area contributed by atoms with Crippen LogP contribution < -0.4 is 21.1 Å². The molecular formula is C20H24N6O4. The molecular weight excluding hydrogens is 388 g/mol. The number of para-hydroxylation sites is 2. The summed E-state index contributed by atoms with van der Waals surface area (Å²) in [4.78, 5) is 36.9. The maximum absolute atomic E-state index is 12.8. The summed E-state index contributed by atoms with van der Waals surface area (Å²) in [5, 5.41) is 6.57. The number of aromatic nitrogens is 4. The number of nitrogens with zero attached hydrogens (tertiary/aromatic N) is 3. The van der Waals surface area contributed by atoms with Crippen molar-refractivity contribution in [1.29, 1.82) is 0 Å². The number of benzene rings is 1. The first-order valence-electron chi connectivity index (χ1n) is 9.93. The Labute approximate surface area is 172 Å². The molecule has 2 aromatic heterocycles. The number of hydrogen-bond acceptors (Lipinski definition) is 8. The Morgan fingerprint density at radius 1 is 1.33 bits per heavy atom. The van der Waals surface area contributed by atoms with Gasteiger partial charge in [0.2, 0.25) is 5.95 Å². The molecule has 1 fully saturated rings. The van der Waals surface area contributed by atoms with Crippen molar-refractivity contribution in [3.05, 3.63) is 40.4 Å². The van der Waals surface area contributed by atoms with Crippen molar-refractivity contribution in [3.8, 4) is 11.4 Å². The van der Waals surface area contributed by atoms with Crippen molar-refractivity contribution in [2.45, 2.75) is 25.8 Å². The molecule has 3 heterocycles. The van der Waals surface area contributed by atoms with E-state index in [4.69, 9.17) is 9.47 Å². The van der Waals surface area contributed by atoms with Crippen LogP contribution in [0.4, 0.5) is 5.95 Å². The SMILES string of the molecule is CCOC(=O)c1nc(NC[C@H]2CCCN2)nc2c1[nH]c(=O)n2-c1ccccc1OC. The second kappa shape index (κ2) is 8.54. The number of hydrogen-bond donors (Lipinski definition) is 3. The van der Waals surface area contributed by atoms with Gasteiger partial charge in [-0.05, 0) is 38.4 Å². The molecule has 1 aliphatic rings. The van der Waals surface area contributed by atoms with Gasteiger partial charge in [0, 0.05) is 12.6 Å². The lowest BCUT2D eigenvalue weighted by Crippen LogP contribution is -2.30. The van der Waals surface area contributed by atoms with Crippen LogP contribution in [0.2, 0.25) is 0 Å². The fourth-order valence-corrected chi connectivity index (χ4v) is 3.59. The minimum atomic E-state index is -0.625. The number of anilines is 1. The molecule has 0 amide bonds. The Bertz CT molecular complexity index is 1120. The lowest BCUT2D eigenvalue weighted by molar-refractivity contribution is 0.0522. The monoisotopic (exact) mass is 412 g/mol. The maximum Gasteiger partial charge on any atom is 0.359 e. The van der Waals surface area contributed by atoms with Gasteiger partial charge in [0.05, 0.1) is 19.4 Å². The van der Waals surface area contributed by atoms with E-state index in [2.05, 4.69) is 25.6 Å². The summed E-state index contributed by atoms with van der Waals surface area (Å²) in [6.45, 7) is 3.49. The third kappa shape index (κ3) is 3.73. The van der Waals surface area contributed by atoms with Crippen LogP contribution in [-0.4, -0.2) is 58.3 Å². The molecule has 1 aliphatic heterocycles. The van der Waals surface area contributed by atoms with Gasteiger partial charge in [0.25, 0.3) is 0 Å². The Hall–Kier alpha value is -3.40. The van der Waals surface area contributed by atoms with E-state index < -0.39 is 11.7 Å². The summed E-state index contributed by atoms with van der Waals surface area (Å²) in [6, 6.07) is 7.40. The number of ether oxygens (including phenoxy) is 2. The first kappa shape index (κ1) is 19.9. The summed E-state index contributed by atoms with van der Waals surface area (Å²) in [5.41, 5.74) is 0.546. The van der Waals surface area contributed by atoms with E-state index in [0.29, 0.717) is 24.0 Å². The van der Waals surface area contributed by atoms with E-state index in [1.165, 1.54) is 11.7 Å². The molecule has 10 heteroatoms. The van der Waals surface area contributed by atoms with Crippen LogP contribution in [0.5, 0.6) is 5.75 Å². The highest BCUT2D eigenvalue weighted by Crippen LogP contribution is 2.25. The zero-order chi connectivity index (χ0) is 21.1. The van der Waals surface area contributed by atoms with Crippen molar-refractivity contribution < 1.29 is 14.3 Å². The van der Waals surface area contributed by atoms with Gasteiger partial charge in [0.1, 0.15) is 11.3 Å². The highest BCUT2D eigenvalue weighted by Gasteiger charge is 2.23. The zero-order valence-electron chi connectivity index (χ0n) is 16.9. The van der Waals surface area contributed by atoms with E-state index >= 15 is 0 Å². The van der Waals surface area contributed by atoms with Gasteiger partial charge in [-0.25, -0.2) is 19.1 Å². The lowest BCUT2D eigenvalue weighted by atomic mass is 10.2. The van der Waals surface area contributed by atoms with Gasteiger partial charge >= 0.3 is 11.7 Å². The molecule has 30 heavy (non-hydrogen) atoms. The molecule has 0 radical (unpaired) electrons. The van der Waals surface area contributed by atoms with Crippen molar-refractivity contribution in [2.75, 3.05) is 32.1 Å². The fraction of sp³-hybridized carbons (Fsp3) is 0.400. The Morgan fingerprint density at radius 2 is 2.17 bits per heavy atom. The molecule has 4 rings (SSSR count). The minimum absolute atomic E-state index is 0.00878. The summed E-state index contributed by atoms with van der Waals surface area (Å²) in [5.74, 6) is 0.128. The number of imidazole rings is 1. The number of fused-ring (bicyclic) bond motifs is 1. The molecule has 0 bridgehead atoms. The summed E-state index contributed by atoms with van der Waals surface area (Å²) in [6.07, 6.45) is 2.17. The van der Waals surface area contributed by atoms with Gasteiger partial charge in [0.15, 0.2) is 11.3 Å². The van der Waals surface area contributed by atoms with Crippen molar-refractivity contribution in [2.24, 2.45) is 0 Å². The van der Waals surface area contributed by atoms with Crippen LogP contribution >= 0.6 is 0 Å². The standard InChI is InChI=1S/C20H24N6O4/c1-3-30-18(27)16-15-17(25-19(23-16)22-11-12-7-6-10-21-12)26(20(28)24-15)13-8-4-5-9-14(13)29-2/h4-5,8-9,12,21H,3,6-7,10-11H2,1-2H3,(H,24,28)(H,22,23,25)/t12-/m1/s1. The number of rotatable bonds is 7. The smallest absolute Gasteiger partial charge is 0.359 e. The van der Waals surface area contributed by atoms with Gasteiger partial charge in [-0.3, -0.25) is 0 Å². The number of carbonyl (C=O) groups is 1. The highest BCUT2D eigenvalue weighted by atomic mass is 16.5. The van der Waals surface area contributed by atoms with Crippen molar-refractivity contribution in [1.82, 2.24) is 24.8 Å². The average molecular weight is 412 g/mol. The third-order valence-electron chi connectivity index (χ3n) is 5.00. The number of H-pyrrole nitrogens is 1. The summed E-state index contributed by atoms with van der Waals surface area (Å²) in [7, 11) is 1.53. The summed E-state index contributed by atoms with van der Waals surface area (Å²) >= 11 is 0. The number of esters is 1. The van der Waals surface area contributed by atoms with Gasteiger partial charge in [-0.1, -0.05) is 12.1 Å². The Kier molecular flexibility index (Phi) is 5.66. The van der Waals surface area contributed by atoms with Crippen LogP contribution in [0, 0.1) is 0 Å². The summed E-state index contributed by atoms with van der Waals surface area (Å²) < 4.78 is 11.9. The molecule has 1 aromatic carbocycles. The molecule has 0 aliphatic carbocycles. The predicted octanol–water partition coefficient (Wildman–Crippen LogP) is 1.46. The van der Waals surface area contributed by atoms with Gasteiger partial charge in [-0.2, -0.15) is 4.98 Å². The normalized spacial score (nSPS) is 16.0. The van der Waals surface area contributed by atoms with Crippen LogP contribution in [-0.2, 0) is 4.74 Å². The molecule has 0 spiro atoms. The van der Waals surface area contributed by atoms with Crippen LogP contribution in [0.15, 0.2) is 29.1 Å². The molecule has 0 saturated carbocycles. The predicted molar refractivity (Wildman–Crippen MR) is 112 cm³/mol. The van der Waals surface area contributed by atoms with Crippen LogP contribution in [0.1, 0.15) is 30.3 Å². The van der Waals surface area contributed by atoms with E-state index in [-0.39, 0.29) is 29.4 Å². The van der Waals surface area contributed by atoms with E-state index in [0.717, 1.165) is 19.4 Å². The molecule has 0 unspecified atom stereocenters. The second-order valence-corrected chi connectivity index (χ2v) is 6.93. The molecule has 3 N–H and O–H groups in total. The largest absolute Gasteiger partial charge is 0.495 e. The first-order chi connectivity index (χ1) is 14.6. The number of aromatic amines is 1. The van der Waals surface area contributed by atoms with E-state index in [1.54, 1.807) is 25.1 Å². The molecule has 1 saturated heterocycles. The minimum Gasteiger partial charge on any atom is -0.495 e. The van der Waals surface area contributed by atoms with Crippen LogP contribution in [0.3, 0.4) is 0 Å².